The van der Waals surface area contributed by atoms with Crippen molar-refractivity contribution in [3.63, 3.8) is 0 Å². The van der Waals surface area contributed by atoms with Crippen LogP contribution in [-0.2, 0) is 4.74 Å². The van der Waals surface area contributed by atoms with Gasteiger partial charge in [0.05, 0.1) is 6.07 Å². The monoisotopic (exact) mass is 397 g/mol. The summed E-state index contributed by atoms with van der Waals surface area (Å²) >= 11 is 0. The molecule has 2 aromatic carbocycles. The van der Waals surface area contributed by atoms with Crippen molar-refractivity contribution in [1.82, 2.24) is 0 Å². The Morgan fingerprint density at radius 1 is 1.00 bits per heavy atom. The summed E-state index contributed by atoms with van der Waals surface area (Å²) in [5.74, 6) is 1.64. The van der Waals surface area contributed by atoms with E-state index >= 15 is 0 Å². The van der Waals surface area contributed by atoms with Gasteiger partial charge in [-0.1, -0.05) is 51.1 Å². The molecule has 0 bridgehead atoms. The standard InChI is InChI=1S/C23H31NO3Si/c1-17-9-8-10-18(2)22(17)26-16-25-21(15-24)19-11-13-20(14-12-19)27-28(6,7)23(3,4)5/h8-14,21H,16H2,1-7H3. The Labute approximate surface area is 170 Å². The van der Waals surface area contributed by atoms with Gasteiger partial charge in [0.1, 0.15) is 11.5 Å². The van der Waals surface area contributed by atoms with Gasteiger partial charge in [-0.3, -0.25) is 0 Å². The average molecular weight is 398 g/mol. The molecule has 0 aliphatic heterocycles. The van der Waals surface area contributed by atoms with Crippen LogP contribution in [0.25, 0.3) is 0 Å². The van der Waals surface area contributed by atoms with Crippen molar-refractivity contribution in [1.29, 1.82) is 5.26 Å². The third-order valence-electron chi connectivity index (χ3n) is 5.33. The van der Waals surface area contributed by atoms with E-state index in [2.05, 4.69) is 39.9 Å². The molecule has 4 nitrogen and oxygen atoms in total. The lowest BCUT2D eigenvalue weighted by molar-refractivity contribution is -0.0145. The number of para-hydroxylation sites is 1. The molecule has 150 valence electrons. The van der Waals surface area contributed by atoms with Crippen LogP contribution in [0.4, 0.5) is 0 Å². The van der Waals surface area contributed by atoms with E-state index in [0.717, 1.165) is 28.2 Å². The molecule has 5 heteroatoms. The Morgan fingerprint density at radius 2 is 1.57 bits per heavy atom. The molecule has 0 fully saturated rings. The summed E-state index contributed by atoms with van der Waals surface area (Å²) in [6.45, 7) is 15.1. The minimum atomic E-state index is -1.88. The maximum Gasteiger partial charge on any atom is 0.250 e. The van der Waals surface area contributed by atoms with Crippen molar-refractivity contribution in [2.24, 2.45) is 0 Å². The SMILES string of the molecule is Cc1cccc(C)c1OCOC(C#N)c1ccc(O[Si](C)(C)C(C)(C)C)cc1. The first-order valence-corrected chi connectivity index (χ1v) is 12.5. The molecule has 0 saturated heterocycles. The molecule has 0 heterocycles. The van der Waals surface area contributed by atoms with E-state index in [9.17, 15) is 5.26 Å². The highest BCUT2D eigenvalue weighted by Crippen LogP contribution is 2.37. The Morgan fingerprint density at radius 3 is 2.07 bits per heavy atom. The van der Waals surface area contributed by atoms with Crippen molar-refractivity contribution < 1.29 is 13.9 Å². The summed E-state index contributed by atoms with van der Waals surface area (Å²) < 4.78 is 17.7. The van der Waals surface area contributed by atoms with Crippen molar-refractivity contribution >= 4 is 8.32 Å². The molecule has 0 radical (unpaired) electrons. The quantitative estimate of drug-likeness (QED) is 0.406. The molecule has 0 spiro atoms. The van der Waals surface area contributed by atoms with Crippen molar-refractivity contribution in [3.05, 3.63) is 59.2 Å². The third-order valence-corrected chi connectivity index (χ3v) is 9.68. The lowest BCUT2D eigenvalue weighted by Gasteiger charge is -2.36. The summed E-state index contributed by atoms with van der Waals surface area (Å²) in [7, 11) is -1.88. The van der Waals surface area contributed by atoms with Crippen molar-refractivity contribution in [2.75, 3.05) is 6.79 Å². The Hall–Kier alpha value is -2.29. The maximum absolute atomic E-state index is 9.49. The van der Waals surface area contributed by atoms with Crippen molar-refractivity contribution in [2.45, 2.75) is 58.9 Å². The zero-order valence-electron chi connectivity index (χ0n) is 18.0. The minimum Gasteiger partial charge on any atom is -0.544 e. The van der Waals surface area contributed by atoms with E-state index in [0.29, 0.717) is 0 Å². The fourth-order valence-corrected chi connectivity index (χ4v) is 3.59. The second-order valence-corrected chi connectivity index (χ2v) is 13.3. The second-order valence-electron chi connectivity index (χ2n) is 8.59. The predicted octanol–water partition coefficient (Wildman–Crippen LogP) is 6.31. The fraction of sp³-hybridized carbons (Fsp3) is 0.435. The van der Waals surface area contributed by atoms with Gasteiger partial charge in [0.2, 0.25) is 8.32 Å². The highest BCUT2D eigenvalue weighted by Gasteiger charge is 2.38. The van der Waals surface area contributed by atoms with E-state index in [-0.39, 0.29) is 11.8 Å². The zero-order valence-corrected chi connectivity index (χ0v) is 19.0. The molecule has 28 heavy (non-hydrogen) atoms. The number of hydrogen-bond donors (Lipinski definition) is 0. The molecule has 0 aromatic heterocycles. The normalized spacial score (nSPS) is 12.9. The summed E-state index contributed by atoms with van der Waals surface area (Å²) in [4.78, 5) is 0. The van der Waals surface area contributed by atoms with Crippen LogP contribution in [0.1, 0.15) is 43.6 Å². The van der Waals surface area contributed by atoms with Gasteiger partial charge >= 0.3 is 0 Å². The smallest absolute Gasteiger partial charge is 0.250 e. The minimum absolute atomic E-state index is 0.0200. The number of hydrogen-bond acceptors (Lipinski definition) is 4. The third kappa shape index (κ3) is 5.37. The molecule has 0 saturated carbocycles. The fourth-order valence-electron chi connectivity index (χ4n) is 2.55. The summed E-state index contributed by atoms with van der Waals surface area (Å²) in [6.07, 6.45) is -0.689. The Bertz CT molecular complexity index is 812. The number of ether oxygens (including phenoxy) is 2. The molecule has 2 rings (SSSR count). The molecule has 1 unspecified atom stereocenters. The summed E-state index contributed by atoms with van der Waals surface area (Å²) in [5, 5.41) is 9.63. The molecule has 2 aromatic rings. The van der Waals surface area contributed by atoms with Gasteiger partial charge in [-0.05, 0) is 60.8 Å². The van der Waals surface area contributed by atoms with Gasteiger partial charge < -0.3 is 13.9 Å². The predicted molar refractivity (Wildman–Crippen MR) is 115 cm³/mol. The summed E-state index contributed by atoms with van der Waals surface area (Å²) in [6, 6.07) is 15.8. The van der Waals surface area contributed by atoms with Crippen LogP contribution in [0.2, 0.25) is 18.1 Å². The summed E-state index contributed by atoms with van der Waals surface area (Å²) in [5.41, 5.74) is 2.88. The lowest BCUT2D eigenvalue weighted by Crippen LogP contribution is -2.43. The largest absolute Gasteiger partial charge is 0.544 e. The number of nitriles is 1. The molecule has 0 aliphatic rings. The van der Waals surface area contributed by atoms with Gasteiger partial charge in [0, 0.05) is 0 Å². The van der Waals surface area contributed by atoms with Crippen LogP contribution in [0, 0.1) is 25.2 Å². The molecular weight excluding hydrogens is 366 g/mol. The molecule has 0 aliphatic carbocycles. The Balaban J connectivity index is 2.00. The number of nitrogens with zero attached hydrogens (tertiary/aromatic N) is 1. The van der Waals surface area contributed by atoms with E-state index in [1.807, 2.05) is 56.3 Å². The maximum atomic E-state index is 9.49. The number of rotatable bonds is 7. The van der Waals surface area contributed by atoms with E-state index < -0.39 is 14.4 Å². The molecule has 0 amide bonds. The van der Waals surface area contributed by atoms with Gasteiger partial charge in [-0.2, -0.15) is 5.26 Å². The van der Waals surface area contributed by atoms with Gasteiger partial charge in [-0.15, -0.1) is 0 Å². The first-order chi connectivity index (χ1) is 13.0. The van der Waals surface area contributed by atoms with Crippen LogP contribution >= 0.6 is 0 Å². The highest BCUT2D eigenvalue weighted by molar-refractivity contribution is 6.74. The van der Waals surface area contributed by atoms with E-state index in [1.54, 1.807) is 0 Å². The zero-order chi connectivity index (χ0) is 20.9. The van der Waals surface area contributed by atoms with Gasteiger partial charge in [-0.25, -0.2) is 0 Å². The van der Waals surface area contributed by atoms with Crippen LogP contribution in [-0.4, -0.2) is 15.1 Å². The lowest BCUT2D eigenvalue weighted by atomic mass is 10.1. The van der Waals surface area contributed by atoms with Gasteiger partial charge in [0.25, 0.3) is 0 Å². The van der Waals surface area contributed by atoms with Crippen LogP contribution in [0.3, 0.4) is 0 Å². The first kappa shape index (κ1) is 22.0. The van der Waals surface area contributed by atoms with E-state index in [1.165, 1.54) is 0 Å². The van der Waals surface area contributed by atoms with E-state index in [4.69, 9.17) is 13.9 Å². The highest BCUT2D eigenvalue weighted by atomic mass is 28.4. The number of aryl methyl sites for hydroxylation is 2. The first-order valence-electron chi connectivity index (χ1n) is 9.54. The average Bonchev–Trinajstić information content (AvgIpc) is 2.60. The second kappa shape index (κ2) is 8.81. The number of benzene rings is 2. The van der Waals surface area contributed by atoms with Crippen LogP contribution in [0.15, 0.2) is 42.5 Å². The van der Waals surface area contributed by atoms with Gasteiger partial charge in [0.15, 0.2) is 12.9 Å². The molecular formula is C23H31NO3Si. The molecule has 1 atom stereocenters. The van der Waals surface area contributed by atoms with Crippen molar-refractivity contribution in [3.8, 4) is 17.6 Å². The topological polar surface area (TPSA) is 51.5 Å². The van der Waals surface area contributed by atoms with Crippen LogP contribution in [0.5, 0.6) is 11.5 Å². The van der Waals surface area contributed by atoms with Crippen LogP contribution < -0.4 is 9.16 Å². The molecule has 0 N–H and O–H groups in total. The Kier molecular flexibility index (Phi) is 6.92.